The Kier molecular flexibility index (Phi) is 6.72. The highest BCUT2D eigenvalue weighted by Crippen LogP contribution is 2.38. The van der Waals surface area contributed by atoms with Crippen LogP contribution >= 0.6 is 0 Å². The number of allylic oxidation sites excluding steroid dienone is 1. The fourth-order valence-corrected chi connectivity index (χ4v) is 6.54. The number of hydrogen-bond acceptors (Lipinski definition) is 5. The zero-order chi connectivity index (χ0) is 24.6. The second-order valence-electron chi connectivity index (χ2n) is 10.3. The number of anilines is 1. The average Bonchev–Trinajstić information content (AvgIpc) is 3.58. The maximum atomic E-state index is 12.9. The van der Waals surface area contributed by atoms with Crippen molar-refractivity contribution >= 4 is 21.7 Å². The van der Waals surface area contributed by atoms with Crippen LogP contribution < -0.4 is 10.0 Å². The first-order chi connectivity index (χ1) is 16.8. The van der Waals surface area contributed by atoms with Crippen LogP contribution in [0.3, 0.4) is 0 Å². The molecule has 0 saturated heterocycles. The van der Waals surface area contributed by atoms with E-state index in [-0.39, 0.29) is 11.1 Å². The normalized spacial score (nSPS) is 19.5. The highest BCUT2D eigenvalue weighted by Gasteiger charge is 2.28. The lowest BCUT2D eigenvalue weighted by atomic mass is 9.90. The molecule has 0 bridgehead atoms. The van der Waals surface area contributed by atoms with Crippen molar-refractivity contribution < 1.29 is 13.2 Å². The first-order valence-electron chi connectivity index (χ1n) is 12.7. The standard InChI is InChI=1S/C26H35N5O3S/c1-30(2)15-13-18-9-11-21(12-10-18)31-16-14-24(28-31)35(33,34)29-26(32)27-25-22-7-3-5-19(22)17-20-6-4-8-23(20)25/h13-14,16-17,21H,3-12,15H2,1-2H3,(H2,27,29,32). The number of urea groups is 1. The van der Waals surface area contributed by atoms with Crippen molar-refractivity contribution in [2.24, 2.45) is 0 Å². The third kappa shape index (κ3) is 5.16. The fourth-order valence-electron chi connectivity index (χ4n) is 5.70. The number of amides is 2. The number of carbonyl (C=O) groups is 1. The summed E-state index contributed by atoms with van der Waals surface area (Å²) in [6.07, 6.45) is 13.8. The Morgan fingerprint density at radius 3 is 2.37 bits per heavy atom. The predicted octanol–water partition coefficient (Wildman–Crippen LogP) is 3.97. The molecule has 1 aromatic heterocycles. The molecule has 1 fully saturated rings. The van der Waals surface area contributed by atoms with Gasteiger partial charge in [0.2, 0.25) is 0 Å². The van der Waals surface area contributed by atoms with Gasteiger partial charge in [0.15, 0.2) is 5.03 Å². The second-order valence-corrected chi connectivity index (χ2v) is 11.9. The van der Waals surface area contributed by atoms with E-state index in [0.29, 0.717) is 0 Å². The van der Waals surface area contributed by atoms with Gasteiger partial charge in [0.05, 0.1) is 6.04 Å². The smallest absolute Gasteiger partial charge is 0.307 e. The lowest BCUT2D eigenvalue weighted by Gasteiger charge is -2.24. The van der Waals surface area contributed by atoms with Crippen molar-refractivity contribution in [1.29, 1.82) is 0 Å². The molecule has 3 aliphatic rings. The summed E-state index contributed by atoms with van der Waals surface area (Å²) in [5, 5.41) is 7.11. The monoisotopic (exact) mass is 497 g/mol. The van der Waals surface area contributed by atoms with Gasteiger partial charge in [-0.25, -0.2) is 9.52 Å². The topological polar surface area (TPSA) is 96.3 Å². The van der Waals surface area contributed by atoms with E-state index in [0.717, 1.165) is 76.4 Å². The van der Waals surface area contributed by atoms with Crippen LogP contribution in [0.25, 0.3) is 0 Å². The van der Waals surface area contributed by atoms with E-state index in [1.54, 1.807) is 10.9 Å². The molecule has 1 aromatic carbocycles. The van der Waals surface area contributed by atoms with Gasteiger partial charge >= 0.3 is 6.03 Å². The third-order valence-corrected chi connectivity index (χ3v) is 8.74. The number of benzene rings is 1. The van der Waals surface area contributed by atoms with E-state index < -0.39 is 16.1 Å². The van der Waals surface area contributed by atoms with Gasteiger partial charge in [0, 0.05) is 18.4 Å². The van der Waals surface area contributed by atoms with Gasteiger partial charge in [0.1, 0.15) is 0 Å². The minimum Gasteiger partial charge on any atom is -0.307 e. The number of sulfonamides is 1. The van der Waals surface area contributed by atoms with E-state index in [4.69, 9.17) is 0 Å². The zero-order valence-electron chi connectivity index (χ0n) is 20.6. The SMILES string of the molecule is CN(C)CC=C1CCC(n2ccc(S(=O)(=O)NC(=O)Nc3c4c(cc5c3CCC5)CCC4)n2)CC1. The van der Waals surface area contributed by atoms with E-state index >= 15 is 0 Å². The molecule has 5 rings (SSSR count). The summed E-state index contributed by atoms with van der Waals surface area (Å²) in [4.78, 5) is 15.0. The summed E-state index contributed by atoms with van der Waals surface area (Å²) < 4.78 is 29.8. The second kappa shape index (κ2) is 9.78. The van der Waals surface area contributed by atoms with Gasteiger partial charge in [-0.3, -0.25) is 4.68 Å². The molecule has 35 heavy (non-hydrogen) atoms. The molecule has 8 nitrogen and oxygen atoms in total. The summed E-state index contributed by atoms with van der Waals surface area (Å²) in [7, 11) is 0.0490. The lowest BCUT2D eigenvalue weighted by Crippen LogP contribution is -2.35. The summed E-state index contributed by atoms with van der Waals surface area (Å²) in [5.41, 5.74) is 7.18. The van der Waals surface area contributed by atoms with E-state index in [2.05, 4.69) is 46.3 Å². The third-order valence-electron chi connectivity index (χ3n) is 7.51. The van der Waals surface area contributed by atoms with Gasteiger partial charge in [0.25, 0.3) is 10.0 Å². The molecule has 0 aliphatic heterocycles. The summed E-state index contributed by atoms with van der Waals surface area (Å²) in [5.74, 6) is 0. The molecule has 1 saturated carbocycles. The molecule has 2 amide bonds. The Hall–Kier alpha value is -2.65. The van der Waals surface area contributed by atoms with Gasteiger partial charge in [-0.2, -0.15) is 13.5 Å². The number of aryl methyl sites for hydroxylation is 2. The Labute approximate surface area is 207 Å². The Balaban J connectivity index is 1.24. The van der Waals surface area contributed by atoms with Gasteiger partial charge in [-0.05, 0) is 107 Å². The summed E-state index contributed by atoms with van der Waals surface area (Å²) in [6, 6.07) is 3.20. The van der Waals surface area contributed by atoms with Crippen molar-refractivity contribution in [2.75, 3.05) is 26.0 Å². The highest BCUT2D eigenvalue weighted by molar-refractivity contribution is 7.90. The van der Waals surface area contributed by atoms with Crippen LogP contribution in [-0.2, 0) is 35.7 Å². The Bertz CT molecular complexity index is 1220. The van der Waals surface area contributed by atoms with Gasteiger partial charge in [-0.15, -0.1) is 0 Å². The van der Waals surface area contributed by atoms with Crippen LogP contribution in [0, 0.1) is 0 Å². The number of fused-ring (bicyclic) bond motifs is 2. The number of rotatable bonds is 6. The van der Waals surface area contributed by atoms with E-state index in [1.165, 1.54) is 33.9 Å². The van der Waals surface area contributed by atoms with Crippen LogP contribution in [0.15, 0.2) is 35.0 Å². The van der Waals surface area contributed by atoms with Crippen LogP contribution in [0.5, 0.6) is 0 Å². The Morgan fingerprint density at radius 2 is 1.74 bits per heavy atom. The van der Waals surface area contributed by atoms with Crippen molar-refractivity contribution in [3.63, 3.8) is 0 Å². The van der Waals surface area contributed by atoms with Crippen molar-refractivity contribution in [3.8, 4) is 0 Å². The molecule has 3 aliphatic carbocycles. The first kappa shape index (κ1) is 24.1. The molecular formula is C26H35N5O3S. The zero-order valence-corrected chi connectivity index (χ0v) is 21.5. The number of hydrogen-bond donors (Lipinski definition) is 2. The lowest BCUT2D eigenvalue weighted by molar-refractivity contribution is 0.256. The fraction of sp³-hybridized carbons (Fsp3) is 0.538. The molecule has 0 radical (unpaired) electrons. The maximum Gasteiger partial charge on any atom is 0.333 e. The molecule has 188 valence electrons. The minimum atomic E-state index is -4.07. The van der Waals surface area contributed by atoms with Crippen LogP contribution in [0.2, 0.25) is 0 Å². The molecule has 0 spiro atoms. The van der Waals surface area contributed by atoms with E-state index in [1.807, 2.05) is 0 Å². The van der Waals surface area contributed by atoms with Crippen molar-refractivity contribution in [1.82, 2.24) is 19.4 Å². The predicted molar refractivity (Wildman–Crippen MR) is 136 cm³/mol. The summed E-state index contributed by atoms with van der Waals surface area (Å²) in [6.45, 7) is 0.937. The first-order valence-corrected chi connectivity index (χ1v) is 14.2. The largest absolute Gasteiger partial charge is 0.333 e. The Morgan fingerprint density at radius 1 is 1.09 bits per heavy atom. The molecule has 2 aromatic rings. The molecule has 9 heteroatoms. The number of nitrogens with zero attached hydrogens (tertiary/aromatic N) is 3. The average molecular weight is 498 g/mol. The molecule has 1 heterocycles. The molecule has 2 N–H and O–H groups in total. The van der Waals surface area contributed by atoms with Crippen molar-refractivity contribution in [2.45, 2.75) is 75.3 Å². The molecule has 0 unspecified atom stereocenters. The number of aromatic nitrogens is 2. The number of carbonyl (C=O) groups excluding carboxylic acids is 1. The number of nitrogens with one attached hydrogen (secondary N) is 2. The van der Waals surface area contributed by atoms with Gasteiger partial charge in [-0.1, -0.05) is 17.7 Å². The van der Waals surface area contributed by atoms with Crippen LogP contribution in [0.4, 0.5) is 10.5 Å². The van der Waals surface area contributed by atoms with E-state index in [9.17, 15) is 13.2 Å². The summed E-state index contributed by atoms with van der Waals surface area (Å²) >= 11 is 0. The van der Waals surface area contributed by atoms with Gasteiger partial charge < -0.3 is 10.2 Å². The highest BCUT2D eigenvalue weighted by atomic mass is 32.2. The number of likely N-dealkylation sites (N-methyl/N-ethyl adjacent to an activating group) is 1. The van der Waals surface area contributed by atoms with Crippen LogP contribution in [-0.4, -0.2) is 49.8 Å². The quantitative estimate of drug-likeness (QED) is 0.589. The maximum absolute atomic E-state index is 12.9. The minimum absolute atomic E-state index is 0.120. The molecule has 0 atom stereocenters. The van der Waals surface area contributed by atoms with Crippen LogP contribution in [0.1, 0.15) is 66.8 Å². The van der Waals surface area contributed by atoms with Crippen molar-refractivity contribution in [3.05, 3.63) is 52.2 Å². The molecular weight excluding hydrogens is 462 g/mol.